The molecule has 0 spiro atoms. The molecule has 1 aromatic heterocycles. The molecule has 0 saturated carbocycles. The Morgan fingerprint density at radius 1 is 1.31 bits per heavy atom. The number of rotatable bonds is 2. The van der Waals surface area contributed by atoms with Gasteiger partial charge in [0.1, 0.15) is 5.58 Å². The lowest BCUT2D eigenvalue weighted by Gasteiger charge is -1.90. The first-order valence-corrected chi connectivity index (χ1v) is 4.31. The lowest BCUT2D eigenvalue weighted by molar-refractivity contribution is 0.612. The smallest absolute Gasteiger partial charge is 0.134 e. The van der Waals surface area contributed by atoms with Crippen molar-refractivity contribution in [3.63, 3.8) is 0 Å². The van der Waals surface area contributed by atoms with Crippen LogP contribution in [0.25, 0.3) is 11.0 Å². The first-order chi connectivity index (χ1) is 6.42. The van der Waals surface area contributed by atoms with Gasteiger partial charge in [-0.2, -0.15) is 0 Å². The van der Waals surface area contributed by atoms with Gasteiger partial charge in [0.25, 0.3) is 0 Å². The number of benzene rings is 1. The van der Waals surface area contributed by atoms with Gasteiger partial charge >= 0.3 is 0 Å². The van der Waals surface area contributed by atoms with Crippen LogP contribution in [0, 0.1) is 6.92 Å². The molecule has 1 radical (unpaired) electrons. The van der Waals surface area contributed by atoms with Gasteiger partial charge in [-0.25, -0.2) is 0 Å². The van der Waals surface area contributed by atoms with Crippen molar-refractivity contribution < 1.29 is 4.42 Å². The number of fused-ring (bicyclic) bond motifs is 1. The predicted octanol–water partition coefficient (Wildman–Crippen LogP) is 3.37. The Balaban J connectivity index is 2.45. The number of para-hydroxylation sites is 1. The third-order valence-corrected chi connectivity index (χ3v) is 2.07. The van der Waals surface area contributed by atoms with E-state index in [1.54, 1.807) is 0 Å². The van der Waals surface area contributed by atoms with Crippen LogP contribution < -0.4 is 0 Å². The van der Waals surface area contributed by atoms with Crippen LogP contribution in [-0.4, -0.2) is 0 Å². The Hall–Kier alpha value is -1.50. The van der Waals surface area contributed by atoms with Crippen molar-refractivity contribution in [2.45, 2.75) is 6.42 Å². The Morgan fingerprint density at radius 2 is 2.15 bits per heavy atom. The number of furan rings is 1. The van der Waals surface area contributed by atoms with Gasteiger partial charge in [0.2, 0.25) is 0 Å². The van der Waals surface area contributed by atoms with Crippen LogP contribution in [0.4, 0.5) is 0 Å². The number of allylic oxidation sites excluding steroid dienone is 2. The highest BCUT2D eigenvalue weighted by atomic mass is 16.3. The summed E-state index contributed by atoms with van der Waals surface area (Å²) in [6.07, 6.45) is 6.53. The molecule has 1 heteroatoms. The molecule has 0 aliphatic carbocycles. The zero-order chi connectivity index (χ0) is 9.10. The summed E-state index contributed by atoms with van der Waals surface area (Å²) < 4.78 is 5.39. The summed E-state index contributed by atoms with van der Waals surface area (Å²) in [5.74, 6) is 0. The highest BCUT2D eigenvalue weighted by molar-refractivity contribution is 5.80. The zero-order valence-corrected chi connectivity index (χ0v) is 7.36. The van der Waals surface area contributed by atoms with E-state index in [2.05, 4.69) is 13.0 Å². The Labute approximate surface area is 77.7 Å². The molecule has 0 aliphatic heterocycles. The molecule has 1 aromatic carbocycles. The summed E-state index contributed by atoms with van der Waals surface area (Å²) in [7, 11) is 0. The maximum atomic E-state index is 5.39. The van der Waals surface area contributed by atoms with Gasteiger partial charge in [0.15, 0.2) is 0 Å². The molecule has 65 valence electrons. The lowest BCUT2D eigenvalue weighted by Crippen LogP contribution is -1.75. The topological polar surface area (TPSA) is 13.1 Å². The summed E-state index contributed by atoms with van der Waals surface area (Å²) in [5, 5.41) is 1.20. The van der Waals surface area contributed by atoms with Crippen molar-refractivity contribution in [1.29, 1.82) is 0 Å². The highest BCUT2D eigenvalue weighted by Gasteiger charge is 2.01. The van der Waals surface area contributed by atoms with Gasteiger partial charge in [0, 0.05) is 10.9 Å². The average molecular weight is 171 g/mol. The summed E-state index contributed by atoms with van der Waals surface area (Å²) in [4.78, 5) is 0. The molecule has 1 nitrogen and oxygen atoms in total. The molecule has 2 aromatic rings. The van der Waals surface area contributed by atoms with Gasteiger partial charge in [-0.3, -0.25) is 0 Å². The number of hydrogen-bond donors (Lipinski definition) is 0. The summed E-state index contributed by atoms with van der Waals surface area (Å²) in [6.45, 7) is 3.65. The van der Waals surface area contributed by atoms with Crippen LogP contribution in [0.2, 0.25) is 0 Å². The Morgan fingerprint density at radius 3 is 3.00 bits per heavy atom. The molecule has 0 atom stereocenters. The molecule has 0 aliphatic rings. The highest BCUT2D eigenvalue weighted by Crippen LogP contribution is 2.20. The molecule has 0 bridgehead atoms. The van der Waals surface area contributed by atoms with Crippen molar-refractivity contribution in [2.24, 2.45) is 0 Å². The quantitative estimate of drug-likeness (QED) is 0.675. The van der Waals surface area contributed by atoms with Crippen LogP contribution in [0.3, 0.4) is 0 Å². The van der Waals surface area contributed by atoms with Gasteiger partial charge in [-0.05, 0) is 19.4 Å². The molecule has 0 N–H and O–H groups in total. The van der Waals surface area contributed by atoms with Crippen LogP contribution in [0.15, 0.2) is 47.1 Å². The van der Waals surface area contributed by atoms with Crippen molar-refractivity contribution in [3.05, 3.63) is 55.2 Å². The van der Waals surface area contributed by atoms with Crippen molar-refractivity contribution in [2.75, 3.05) is 0 Å². The van der Waals surface area contributed by atoms with E-state index in [1.165, 1.54) is 10.9 Å². The average Bonchev–Trinajstić information content (AvgIpc) is 2.58. The fraction of sp³-hybridized carbons (Fsp3) is 0.0833. The fourth-order valence-corrected chi connectivity index (χ4v) is 1.40. The van der Waals surface area contributed by atoms with E-state index in [4.69, 9.17) is 4.42 Å². The molecule has 0 fully saturated rings. The first kappa shape index (κ1) is 8.11. The van der Waals surface area contributed by atoms with Crippen LogP contribution in [-0.2, 0) is 6.42 Å². The molecule has 1 heterocycles. The fourth-order valence-electron chi connectivity index (χ4n) is 1.40. The minimum absolute atomic E-state index is 0.889. The van der Waals surface area contributed by atoms with Crippen LogP contribution in [0.5, 0.6) is 0 Å². The van der Waals surface area contributed by atoms with Crippen molar-refractivity contribution in [1.82, 2.24) is 0 Å². The molecule has 2 rings (SSSR count). The van der Waals surface area contributed by atoms with E-state index in [-0.39, 0.29) is 0 Å². The second kappa shape index (κ2) is 3.48. The third-order valence-electron chi connectivity index (χ3n) is 2.07. The maximum Gasteiger partial charge on any atom is 0.134 e. The monoisotopic (exact) mass is 171 g/mol. The van der Waals surface area contributed by atoms with E-state index in [1.807, 2.05) is 36.6 Å². The summed E-state index contributed by atoms with van der Waals surface area (Å²) in [6, 6.07) is 8.06. The molecule has 0 amide bonds. The van der Waals surface area contributed by atoms with Crippen molar-refractivity contribution in [3.8, 4) is 0 Å². The SMILES string of the molecule is [CH2]C=CCc1coc2ccccc12. The first-order valence-electron chi connectivity index (χ1n) is 4.31. The predicted molar refractivity (Wildman–Crippen MR) is 54.4 cm³/mol. The minimum Gasteiger partial charge on any atom is -0.464 e. The summed E-state index contributed by atoms with van der Waals surface area (Å²) >= 11 is 0. The van der Waals surface area contributed by atoms with Crippen LogP contribution in [0.1, 0.15) is 5.56 Å². The van der Waals surface area contributed by atoms with Crippen LogP contribution >= 0.6 is 0 Å². The second-order valence-corrected chi connectivity index (χ2v) is 2.93. The summed E-state index contributed by atoms with van der Waals surface area (Å²) in [5.41, 5.74) is 2.17. The number of hydrogen-bond acceptors (Lipinski definition) is 1. The largest absolute Gasteiger partial charge is 0.464 e. The van der Waals surface area contributed by atoms with Gasteiger partial charge < -0.3 is 4.42 Å². The lowest BCUT2D eigenvalue weighted by atomic mass is 10.1. The Kier molecular flexibility index (Phi) is 2.17. The van der Waals surface area contributed by atoms with Crippen molar-refractivity contribution >= 4 is 11.0 Å². The van der Waals surface area contributed by atoms with E-state index < -0.39 is 0 Å². The van der Waals surface area contributed by atoms with E-state index in [9.17, 15) is 0 Å². The molecule has 13 heavy (non-hydrogen) atoms. The molecule has 0 unspecified atom stereocenters. The van der Waals surface area contributed by atoms with E-state index in [0.29, 0.717) is 0 Å². The van der Waals surface area contributed by atoms with E-state index in [0.717, 1.165) is 12.0 Å². The molecular formula is C12H11O. The molecular weight excluding hydrogens is 160 g/mol. The van der Waals surface area contributed by atoms with Gasteiger partial charge in [-0.1, -0.05) is 30.4 Å². The third kappa shape index (κ3) is 1.50. The van der Waals surface area contributed by atoms with Gasteiger partial charge in [-0.15, -0.1) is 0 Å². The maximum absolute atomic E-state index is 5.39. The van der Waals surface area contributed by atoms with E-state index >= 15 is 0 Å². The zero-order valence-electron chi connectivity index (χ0n) is 7.36. The minimum atomic E-state index is 0.889. The second-order valence-electron chi connectivity index (χ2n) is 2.93. The normalized spacial score (nSPS) is 11.5. The van der Waals surface area contributed by atoms with Gasteiger partial charge in [0.05, 0.1) is 6.26 Å². The standard InChI is InChI=1S/C12H11O/c1-2-3-6-10-9-13-12-8-5-4-7-11(10)12/h2-5,7-9H,1,6H2. The Bertz CT molecular complexity index is 423. The molecule has 0 saturated heterocycles.